The number of thiophene rings is 1. The average molecular weight is 467 g/mol. The second kappa shape index (κ2) is 9.58. The van der Waals surface area contributed by atoms with Gasteiger partial charge in [0.25, 0.3) is 5.91 Å². The van der Waals surface area contributed by atoms with Gasteiger partial charge in [-0.1, -0.05) is 48.5 Å². The largest absolute Gasteiger partial charge is 0.462 e. The Bertz CT molecular complexity index is 1150. The van der Waals surface area contributed by atoms with Crippen molar-refractivity contribution >= 4 is 51.6 Å². The molecule has 8 heteroatoms. The number of ether oxygens (including phenoxy) is 1. The van der Waals surface area contributed by atoms with Gasteiger partial charge in [-0.05, 0) is 37.1 Å². The third kappa shape index (κ3) is 4.28. The van der Waals surface area contributed by atoms with Crippen molar-refractivity contribution < 1.29 is 19.1 Å². The molecule has 0 spiro atoms. The van der Waals surface area contributed by atoms with E-state index >= 15 is 0 Å². The summed E-state index contributed by atoms with van der Waals surface area (Å²) in [7, 11) is 0. The Morgan fingerprint density at radius 3 is 2.41 bits per heavy atom. The van der Waals surface area contributed by atoms with E-state index in [1.807, 2.05) is 48.5 Å². The van der Waals surface area contributed by atoms with E-state index in [1.165, 1.54) is 11.8 Å². The minimum absolute atomic E-state index is 0.106. The molecule has 6 nitrogen and oxygen atoms in total. The van der Waals surface area contributed by atoms with Crippen molar-refractivity contribution in [3.8, 4) is 0 Å². The van der Waals surface area contributed by atoms with Crippen molar-refractivity contribution in [2.75, 3.05) is 22.6 Å². The van der Waals surface area contributed by atoms with E-state index < -0.39 is 5.97 Å². The molecule has 1 N–H and O–H groups in total. The zero-order valence-electron chi connectivity index (χ0n) is 17.7. The number of anilines is 2. The average Bonchev–Trinajstić information content (AvgIpc) is 3.34. The lowest BCUT2D eigenvalue weighted by atomic mass is 10.1. The normalized spacial score (nSPS) is 15.6. The maximum absolute atomic E-state index is 13.1. The molecule has 2 heterocycles. The van der Waals surface area contributed by atoms with Gasteiger partial charge >= 0.3 is 5.97 Å². The van der Waals surface area contributed by atoms with Gasteiger partial charge in [0, 0.05) is 5.69 Å². The quantitative estimate of drug-likeness (QED) is 0.501. The van der Waals surface area contributed by atoms with Crippen LogP contribution in [0.1, 0.15) is 43.5 Å². The molecule has 0 radical (unpaired) electrons. The first-order chi connectivity index (χ1) is 15.5. The van der Waals surface area contributed by atoms with Crippen molar-refractivity contribution in [1.82, 2.24) is 0 Å². The number of hydrogen-bond acceptors (Lipinski definition) is 6. The van der Waals surface area contributed by atoms with Crippen LogP contribution in [0, 0.1) is 6.92 Å². The molecule has 1 atom stereocenters. The smallest absolute Gasteiger partial charge is 0.341 e. The minimum Gasteiger partial charge on any atom is -0.462 e. The molecule has 1 saturated heterocycles. The highest BCUT2D eigenvalue weighted by atomic mass is 32.2. The Kier molecular flexibility index (Phi) is 6.62. The van der Waals surface area contributed by atoms with Crippen molar-refractivity contribution in [1.29, 1.82) is 0 Å². The predicted octanol–water partition coefficient (Wildman–Crippen LogP) is 5.26. The van der Waals surface area contributed by atoms with E-state index in [0.717, 1.165) is 16.9 Å². The summed E-state index contributed by atoms with van der Waals surface area (Å²) in [5.41, 5.74) is 2.39. The number of benzene rings is 2. The fourth-order valence-corrected chi connectivity index (χ4v) is 6.01. The lowest BCUT2D eigenvalue weighted by Crippen LogP contribution is -2.28. The van der Waals surface area contributed by atoms with E-state index in [2.05, 4.69) is 5.32 Å². The van der Waals surface area contributed by atoms with Crippen molar-refractivity contribution in [2.24, 2.45) is 0 Å². The van der Waals surface area contributed by atoms with Crippen molar-refractivity contribution in [3.63, 3.8) is 0 Å². The van der Waals surface area contributed by atoms with E-state index in [4.69, 9.17) is 4.74 Å². The number of rotatable bonds is 6. The molecule has 0 bridgehead atoms. The van der Waals surface area contributed by atoms with Gasteiger partial charge in [-0.2, -0.15) is 0 Å². The maximum Gasteiger partial charge on any atom is 0.341 e. The number of carbonyl (C=O) groups is 3. The van der Waals surface area contributed by atoms with Gasteiger partial charge in [-0.15, -0.1) is 23.1 Å². The fraction of sp³-hybridized carbons (Fsp3) is 0.208. The van der Waals surface area contributed by atoms with Crippen LogP contribution in [-0.2, 0) is 9.53 Å². The first-order valence-corrected chi connectivity index (χ1v) is 12.0. The molecule has 1 aromatic heterocycles. The summed E-state index contributed by atoms with van der Waals surface area (Å²) in [4.78, 5) is 40.9. The second-order valence-electron chi connectivity index (χ2n) is 7.11. The molecule has 3 aromatic rings. The molecule has 2 amide bonds. The van der Waals surface area contributed by atoms with E-state index in [-0.39, 0.29) is 29.4 Å². The number of nitrogens with zero attached hydrogens (tertiary/aromatic N) is 1. The minimum atomic E-state index is -0.536. The van der Waals surface area contributed by atoms with Crippen LogP contribution in [0.5, 0.6) is 0 Å². The molecule has 2 aromatic carbocycles. The highest BCUT2D eigenvalue weighted by molar-refractivity contribution is 8.00. The SMILES string of the molecule is CCOC(=O)c1c(N2C(=O)CSC2c2ccccc2)sc(C(=O)Nc2ccccc2)c1C. The van der Waals surface area contributed by atoms with E-state index in [1.54, 1.807) is 30.9 Å². The molecule has 1 fully saturated rings. The number of esters is 1. The standard InChI is InChI=1S/C24H22N2O4S2/c1-3-30-24(29)19-15(2)20(21(28)25-17-12-8-5-9-13-17)32-23(19)26-18(27)14-31-22(26)16-10-6-4-7-11-16/h4-13,22H,3,14H2,1-2H3,(H,25,28). The monoisotopic (exact) mass is 466 g/mol. The van der Waals surface area contributed by atoms with Crippen LogP contribution in [0.25, 0.3) is 0 Å². The van der Waals surface area contributed by atoms with E-state index in [0.29, 0.717) is 26.9 Å². The van der Waals surface area contributed by atoms with Gasteiger partial charge < -0.3 is 10.1 Å². The van der Waals surface area contributed by atoms with Crippen LogP contribution in [0.3, 0.4) is 0 Å². The number of hydrogen-bond donors (Lipinski definition) is 1. The van der Waals surface area contributed by atoms with Gasteiger partial charge in [-0.3, -0.25) is 14.5 Å². The summed E-state index contributed by atoms with van der Waals surface area (Å²) in [6, 6.07) is 18.8. The molecule has 32 heavy (non-hydrogen) atoms. The predicted molar refractivity (Wildman–Crippen MR) is 129 cm³/mol. The summed E-state index contributed by atoms with van der Waals surface area (Å²) in [5, 5.41) is 3.04. The summed E-state index contributed by atoms with van der Waals surface area (Å²) < 4.78 is 5.29. The molecule has 0 aliphatic carbocycles. The molecule has 0 saturated carbocycles. The molecule has 1 aliphatic heterocycles. The molecule has 4 rings (SSSR count). The Morgan fingerprint density at radius 2 is 1.75 bits per heavy atom. The number of amides is 2. The Morgan fingerprint density at radius 1 is 1.09 bits per heavy atom. The number of carbonyl (C=O) groups excluding carboxylic acids is 3. The second-order valence-corrected chi connectivity index (χ2v) is 9.18. The van der Waals surface area contributed by atoms with Gasteiger partial charge in [-0.25, -0.2) is 4.79 Å². The highest BCUT2D eigenvalue weighted by Gasteiger charge is 2.39. The van der Waals surface area contributed by atoms with Crippen molar-refractivity contribution in [2.45, 2.75) is 19.2 Å². The third-order valence-corrected chi connectivity index (χ3v) is 7.52. The van der Waals surface area contributed by atoms with Crippen LogP contribution >= 0.6 is 23.1 Å². The molecule has 1 unspecified atom stereocenters. The van der Waals surface area contributed by atoms with Gasteiger partial charge in [0.15, 0.2) is 0 Å². The highest BCUT2D eigenvalue weighted by Crippen LogP contribution is 2.47. The first-order valence-electron chi connectivity index (χ1n) is 10.2. The number of para-hydroxylation sites is 1. The molecular weight excluding hydrogens is 444 g/mol. The number of thioether (sulfide) groups is 1. The topological polar surface area (TPSA) is 75.7 Å². The Labute approximate surface area is 194 Å². The summed E-state index contributed by atoms with van der Waals surface area (Å²) in [6.07, 6.45) is 0. The molecular formula is C24H22N2O4S2. The zero-order valence-corrected chi connectivity index (χ0v) is 19.3. The lowest BCUT2D eigenvalue weighted by Gasteiger charge is -2.24. The Hall–Kier alpha value is -3.10. The third-order valence-electron chi connectivity index (χ3n) is 5.02. The fourth-order valence-electron chi connectivity index (χ4n) is 3.55. The van der Waals surface area contributed by atoms with Gasteiger partial charge in [0.2, 0.25) is 5.91 Å². The molecule has 1 aliphatic rings. The Balaban J connectivity index is 1.78. The lowest BCUT2D eigenvalue weighted by molar-refractivity contribution is -0.115. The van der Waals surface area contributed by atoms with E-state index in [9.17, 15) is 14.4 Å². The van der Waals surface area contributed by atoms with Crippen LogP contribution in [-0.4, -0.2) is 30.1 Å². The summed E-state index contributed by atoms with van der Waals surface area (Å²) >= 11 is 2.64. The van der Waals surface area contributed by atoms with Gasteiger partial charge in [0.05, 0.1) is 22.8 Å². The van der Waals surface area contributed by atoms with Gasteiger partial charge in [0.1, 0.15) is 10.4 Å². The summed E-state index contributed by atoms with van der Waals surface area (Å²) in [6.45, 7) is 3.65. The molecule has 164 valence electrons. The van der Waals surface area contributed by atoms with Crippen LogP contribution < -0.4 is 10.2 Å². The number of nitrogens with one attached hydrogen (secondary N) is 1. The van der Waals surface area contributed by atoms with Crippen LogP contribution in [0.2, 0.25) is 0 Å². The first kappa shape index (κ1) is 22.1. The maximum atomic E-state index is 13.1. The van der Waals surface area contributed by atoms with Crippen LogP contribution in [0.4, 0.5) is 10.7 Å². The van der Waals surface area contributed by atoms with Crippen molar-refractivity contribution in [3.05, 3.63) is 82.2 Å². The summed E-state index contributed by atoms with van der Waals surface area (Å²) in [5.74, 6) is -0.673. The zero-order chi connectivity index (χ0) is 22.7. The van der Waals surface area contributed by atoms with Crippen LogP contribution in [0.15, 0.2) is 60.7 Å².